The fourth-order valence-corrected chi connectivity index (χ4v) is 3.82. The van der Waals surface area contributed by atoms with Gasteiger partial charge in [-0.1, -0.05) is 29.8 Å². The third-order valence-electron chi connectivity index (χ3n) is 5.14. The number of carbonyl (C=O) groups is 1. The zero-order valence-electron chi connectivity index (χ0n) is 16.4. The lowest BCUT2D eigenvalue weighted by atomic mass is 10.1. The minimum Gasteiger partial charge on any atom is -0.379 e. The number of hydrogen-bond donors (Lipinski definition) is 0. The van der Waals surface area contributed by atoms with Crippen molar-refractivity contribution in [2.24, 2.45) is 7.05 Å². The number of pyridine rings is 1. The van der Waals surface area contributed by atoms with E-state index in [0.717, 1.165) is 38.2 Å². The van der Waals surface area contributed by atoms with Gasteiger partial charge in [0.25, 0.3) is 5.91 Å². The normalized spacial score (nSPS) is 15.0. The fraction of sp³-hybridized carbons (Fsp3) is 0.381. The number of hydrogen-bond acceptors (Lipinski definition) is 5. The number of ether oxygens (including phenoxy) is 1. The molecule has 3 aromatic rings. The first-order chi connectivity index (χ1) is 14.1. The van der Waals surface area contributed by atoms with Crippen LogP contribution in [0.2, 0.25) is 5.02 Å². The summed E-state index contributed by atoms with van der Waals surface area (Å²) in [5.74, 6) is -0.0655. The summed E-state index contributed by atoms with van der Waals surface area (Å²) >= 11 is 6.32. The topological polar surface area (TPSA) is 63.5 Å². The van der Waals surface area contributed by atoms with Crippen molar-refractivity contribution in [3.05, 3.63) is 59.0 Å². The molecule has 29 heavy (non-hydrogen) atoms. The molecular weight excluding hydrogens is 390 g/mol. The Kier molecular flexibility index (Phi) is 6.08. The predicted molar refractivity (Wildman–Crippen MR) is 112 cm³/mol. The molecule has 0 bridgehead atoms. The SMILES string of the molecule is Cn1cc(Cl)c(CN(CCN2CCOCC2)C(=O)c2cccc3cccnc23)n1. The van der Waals surface area contributed by atoms with E-state index in [1.807, 2.05) is 42.3 Å². The van der Waals surface area contributed by atoms with E-state index in [4.69, 9.17) is 16.3 Å². The summed E-state index contributed by atoms with van der Waals surface area (Å²) in [5, 5.41) is 5.93. The van der Waals surface area contributed by atoms with Crippen molar-refractivity contribution in [1.82, 2.24) is 24.6 Å². The summed E-state index contributed by atoms with van der Waals surface area (Å²) in [7, 11) is 1.82. The van der Waals surface area contributed by atoms with Crippen LogP contribution < -0.4 is 0 Å². The smallest absolute Gasteiger partial charge is 0.256 e. The summed E-state index contributed by atoms with van der Waals surface area (Å²) in [6.45, 7) is 4.92. The van der Waals surface area contributed by atoms with Gasteiger partial charge in [0.2, 0.25) is 0 Å². The molecule has 1 aliphatic rings. The Morgan fingerprint density at radius 1 is 1.24 bits per heavy atom. The number of carbonyl (C=O) groups excluding carboxylic acids is 1. The molecule has 2 aromatic heterocycles. The molecule has 0 unspecified atom stereocenters. The molecule has 0 N–H and O–H groups in total. The van der Waals surface area contributed by atoms with Gasteiger partial charge in [0, 0.05) is 51.0 Å². The number of halogens is 1. The van der Waals surface area contributed by atoms with Crippen LogP contribution >= 0.6 is 11.6 Å². The van der Waals surface area contributed by atoms with Crippen LogP contribution in [0.15, 0.2) is 42.7 Å². The Bertz CT molecular complexity index is 994. The van der Waals surface area contributed by atoms with Gasteiger partial charge in [-0.3, -0.25) is 19.4 Å². The standard InChI is InChI=1S/C21H24ClN5O2/c1-25-14-18(22)19(24-25)15-27(9-8-26-10-12-29-13-11-26)21(28)17-6-2-4-16-5-3-7-23-20(16)17/h2-7,14H,8-13,15H2,1H3. The van der Waals surface area contributed by atoms with Gasteiger partial charge in [-0.2, -0.15) is 5.10 Å². The summed E-state index contributed by atoms with van der Waals surface area (Å²) in [6.07, 6.45) is 3.47. The third kappa shape index (κ3) is 4.58. The third-order valence-corrected chi connectivity index (χ3v) is 5.45. The molecule has 4 rings (SSSR count). The van der Waals surface area contributed by atoms with Crippen LogP contribution in [0.1, 0.15) is 16.1 Å². The lowest BCUT2D eigenvalue weighted by molar-refractivity contribution is 0.0320. The number of amides is 1. The second kappa shape index (κ2) is 8.90. The van der Waals surface area contributed by atoms with Gasteiger partial charge in [0.05, 0.1) is 35.9 Å². The molecule has 1 aromatic carbocycles. The van der Waals surface area contributed by atoms with E-state index in [2.05, 4.69) is 15.0 Å². The number of aromatic nitrogens is 3. The van der Waals surface area contributed by atoms with Crippen molar-refractivity contribution in [1.29, 1.82) is 0 Å². The largest absolute Gasteiger partial charge is 0.379 e. The maximum Gasteiger partial charge on any atom is 0.256 e. The summed E-state index contributed by atoms with van der Waals surface area (Å²) in [4.78, 5) is 22.1. The van der Waals surface area contributed by atoms with Crippen LogP contribution in [0.5, 0.6) is 0 Å². The average molecular weight is 414 g/mol. The van der Waals surface area contributed by atoms with Crippen molar-refractivity contribution < 1.29 is 9.53 Å². The van der Waals surface area contributed by atoms with Crippen molar-refractivity contribution in [2.45, 2.75) is 6.54 Å². The van der Waals surface area contributed by atoms with E-state index in [9.17, 15) is 4.79 Å². The molecular formula is C21H24ClN5O2. The van der Waals surface area contributed by atoms with Gasteiger partial charge in [-0.25, -0.2) is 0 Å². The van der Waals surface area contributed by atoms with E-state index in [-0.39, 0.29) is 5.91 Å². The summed E-state index contributed by atoms with van der Waals surface area (Å²) < 4.78 is 7.09. The quantitative estimate of drug-likeness (QED) is 0.621. The Hall–Kier alpha value is -2.48. The van der Waals surface area contributed by atoms with Gasteiger partial charge >= 0.3 is 0 Å². The fourth-order valence-electron chi connectivity index (χ4n) is 3.58. The Balaban J connectivity index is 1.60. The first kappa shape index (κ1) is 19.8. The predicted octanol–water partition coefficient (Wildman–Crippen LogP) is 2.60. The molecule has 3 heterocycles. The van der Waals surface area contributed by atoms with Gasteiger partial charge < -0.3 is 9.64 Å². The maximum absolute atomic E-state index is 13.5. The highest BCUT2D eigenvalue weighted by Crippen LogP contribution is 2.21. The van der Waals surface area contributed by atoms with Crippen LogP contribution in [0, 0.1) is 0 Å². The number of para-hydroxylation sites is 1. The van der Waals surface area contributed by atoms with Crippen LogP contribution in [-0.2, 0) is 18.3 Å². The summed E-state index contributed by atoms with van der Waals surface area (Å²) in [6, 6.07) is 9.53. The lowest BCUT2D eigenvalue weighted by Gasteiger charge is -2.30. The Morgan fingerprint density at radius 2 is 2.03 bits per heavy atom. The second-order valence-corrected chi connectivity index (χ2v) is 7.57. The molecule has 152 valence electrons. The van der Waals surface area contributed by atoms with E-state index < -0.39 is 0 Å². The van der Waals surface area contributed by atoms with Gasteiger partial charge in [0.15, 0.2) is 0 Å². The molecule has 0 radical (unpaired) electrons. The minimum absolute atomic E-state index is 0.0655. The highest BCUT2D eigenvalue weighted by Gasteiger charge is 2.22. The summed E-state index contributed by atoms with van der Waals surface area (Å²) in [5.41, 5.74) is 2.00. The van der Waals surface area contributed by atoms with Gasteiger partial charge in [-0.15, -0.1) is 0 Å². The maximum atomic E-state index is 13.5. The van der Waals surface area contributed by atoms with Crippen molar-refractivity contribution in [2.75, 3.05) is 39.4 Å². The number of aryl methyl sites for hydroxylation is 1. The van der Waals surface area contributed by atoms with Crippen molar-refractivity contribution in [3.8, 4) is 0 Å². The highest BCUT2D eigenvalue weighted by molar-refractivity contribution is 6.31. The molecule has 0 saturated carbocycles. The Morgan fingerprint density at radius 3 is 2.79 bits per heavy atom. The van der Waals surface area contributed by atoms with Gasteiger partial charge in [0.1, 0.15) is 5.69 Å². The van der Waals surface area contributed by atoms with E-state index in [0.29, 0.717) is 34.9 Å². The van der Waals surface area contributed by atoms with E-state index in [1.165, 1.54) is 0 Å². The average Bonchev–Trinajstić information content (AvgIpc) is 3.07. The van der Waals surface area contributed by atoms with Crippen LogP contribution in [-0.4, -0.2) is 69.9 Å². The zero-order chi connectivity index (χ0) is 20.2. The van der Waals surface area contributed by atoms with Crippen molar-refractivity contribution in [3.63, 3.8) is 0 Å². The molecule has 7 nitrogen and oxygen atoms in total. The number of fused-ring (bicyclic) bond motifs is 1. The minimum atomic E-state index is -0.0655. The molecule has 1 aliphatic heterocycles. The van der Waals surface area contributed by atoms with Gasteiger partial charge in [-0.05, 0) is 12.1 Å². The molecule has 1 saturated heterocycles. The lowest BCUT2D eigenvalue weighted by Crippen LogP contribution is -2.43. The molecule has 8 heteroatoms. The molecule has 0 spiro atoms. The molecule has 1 fully saturated rings. The van der Waals surface area contributed by atoms with E-state index >= 15 is 0 Å². The highest BCUT2D eigenvalue weighted by atomic mass is 35.5. The Labute approximate surface area is 174 Å². The first-order valence-corrected chi connectivity index (χ1v) is 10.1. The monoisotopic (exact) mass is 413 g/mol. The van der Waals surface area contributed by atoms with Crippen LogP contribution in [0.4, 0.5) is 0 Å². The number of morpholine rings is 1. The number of rotatable bonds is 6. The second-order valence-electron chi connectivity index (χ2n) is 7.16. The number of nitrogens with zero attached hydrogens (tertiary/aromatic N) is 5. The van der Waals surface area contributed by atoms with E-state index in [1.54, 1.807) is 17.1 Å². The van der Waals surface area contributed by atoms with Crippen molar-refractivity contribution >= 4 is 28.4 Å². The van der Waals surface area contributed by atoms with Crippen LogP contribution in [0.25, 0.3) is 10.9 Å². The molecule has 0 aliphatic carbocycles. The van der Waals surface area contributed by atoms with Crippen LogP contribution in [0.3, 0.4) is 0 Å². The molecule has 1 amide bonds. The zero-order valence-corrected chi connectivity index (χ0v) is 17.2. The first-order valence-electron chi connectivity index (χ1n) is 9.73. The number of benzene rings is 1. The molecule has 0 atom stereocenters.